The van der Waals surface area contributed by atoms with Crippen LogP contribution < -0.4 is 5.32 Å². The minimum atomic E-state index is 0.679. The van der Waals surface area contributed by atoms with Gasteiger partial charge in [-0.3, -0.25) is 0 Å². The monoisotopic (exact) mass is 257 g/mol. The molecule has 19 heavy (non-hydrogen) atoms. The van der Waals surface area contributed by atoms with Gasteiger partial charge in [-0.2, -0.15) is 0 Å². The van der Waals surface area contributed by atoms with Crippen LogP contribution in [-0.4, -0.2) is 22.6 Å². The zero-order valence-corrected chi connectivity index (χ0v) is 11.8. The molecule has 0 aliphatic heterocycles. The minimum absolute atomic E-state index is 0.679. The Morgan fingerprint density at radius 3 is 2.68 bits per heavy atom. The smallest absolute Gasteiger partial charge is 0.131 e. The summed E-state index contributed by atoms with van der Waals surface area (Å²) >= 11 is 0. The lowest BCUT2D eigenvalue weighted by Crippen LogP contribution is -2.29. The van der Waals surface area contributed by atoms with Gasteiger partial charge in [-0.05, 0) is 69.9 Å². The van der Waals surface area contributed by atoms with Gasteiger partial charge in [0.05, 0.1) is 0 Å². The lowest BCUT2D eigenvalue weighted by atomic mass is 9.85. The molecule has 0 saturated heterocycles. The standard InChI is InChI=1S/C16H23N3/c1-10-14-8-11(9-17-13-5-6-13)2-7-15(14)19-16(18-10)12-3-4-12/h11-13,17H,2-9H2,1H3. The van der Waals surface area contributed by atoms with E-state index in [-0.39, 0.29) is 0 Å². The van der Waals surface area contributed by atoms with Gasteiger partial charge < -0.3 is 5.32 Å². The number of fused-ring (bicyclic) bond motifs is 1. The van der Waals surface area contributed by atoms with Crippen LogP contribution in [0.5, 0.6) is 0 Å². The molecule has 1 unspecified atom stereocenters. The number of nitrogens with one attached hydrogen (secondary N) is 1. The lowest BCUT2D eigenvalue weighted by Gasteiger charge is -2.25. The molecule has 0 amide bonds. The van der Waals surface area contributed by atoms with Crippen molar-refractivity contribution in [2.45, 2.75) is 63.8 Å². The second-order valence-electron chi connectivity index (χ2n) is 6.66. The van der Waals surface area contributed by atoms with Crippen molar-refractivity contribution < 1.29 is 0 Å². The Morgan fingerprint density at radius 2 is 1.95 bits per heavy atom. The van der Waals surface area contributed by atoms with Gasteiger partial charge in [0.2, 0.25) is 0 Å². The topological polar surface area (TPSA) is 37.8 Å². The third-order valence-corrected chi connectivity index (χ3v) is 4.81. The molecule has 3 heteroatoms. The zero-order chi connectivity index (χ0) is 12.8. The van der Waals surface area contributed by atoms with E-state index in [1.165, 1.54) is 62.0 Å². The Labute approximate surface area is 115 Å². The maximum absolute atomic E-state index is 4.85. The molecule has 0 aromatic carbocycles. The quantitative estimate of drug-likeness (QED) is 0.900. The zero-order valence-electron chi connectivity index (χ0n) is 11.8. The largest absolute Gasteiger partial charge is 0.314 e. The Kier molecular flexibility index (Phi) is 2.83. The second kappa shape index (κ2) is 4.55. The summed E-state index contributed by atoms with van der Waals surface area (Å²) in [4.78, 5) is 9.61. The predicted octanol–water partition coefficient (Wildman–Crippen LogP) is 2.52. The van der Waals surface area contributed by atoms with Crippen LogP contribution in [0.15, 0.2) is 0 Å². The number of aromatic nitrogens is 2. The number of hydrogen-bond acceptors (Lipinski definition) is 3. The molecule has 3 aliphatic rings. The van der Waals surface area contributed by atoms with E-state index in [1.807, 2.05) is 0 Å². The molecule has 3 nitrogen and oxygen atoms in total. The third kappa shape index (κ3) is 2.53. The number of hydrogen-bond donors (Lipinski definition) is 1. The van der Waals surface area contributed by atoms with Crippen molar-refractivity contribution in [3.8, 4) is 0 Å². The van der Waals surface area contributed by atoms with E-state index in [0.717, 1.165) is 24.2 Å². The van der Waals surface area contributed by atoms with E-state index in [2.05, 4.69) is 12.2 Å². The molecule has 0 spiro atoms. The van der Waals surface area contributed by atoms with Crippen LogP contribution in [0.3, 0.4) is 0 Å². The van der Waals surface area contributed by atoms with Crippen LogP contribution in [-0.2, 0) is 12.8 Å². The van der Waals surface area contributed by atoms with Gasteiger partial charge in [0.1, 0.15) is 5.82 Å². The van der Waals surface area contributed by atoms with Gasteiger partial charge in [0, 0.05) is 23.3 Å². The van der Waals surface area contributed by atoms with Gasteiger partial charge in [-0.25, -0.2) is 9.97 Å². The van der Waals surface area contributed by atoms with Crippen molar-refractivity contribution in [2.24, 2.45) is 5.92 Å². The summed E-state index contributed by atoms with van der Waals surface area (Å²) in [6.45, 7) is 3.37. The third-order valence-electron chi connectivity index (χ3n) is 4.81. The maximum atomic E-state index is 4.85. The molecule has 0 bridgehead atoms. The highest BCUT2D eigenvalue weighted by Crippen LogP contribution is 2.39. The molecule has 1 atom stereocenters. The van der Waals surface area contributed by atoms with Gasteiger partial charge >= 0.3 is 0 Å². The first-order valence-electron chi connectivity index (χ1n) is 7.89. The molecule has 4 rings (SSSR count). The molecular weight excluding hydrogens is 234 g/mol. The van der Waals surface area contributed by atoms with Crippen molar-refractivity contribution in [1.29, 1.82) is 0 Å². The van der Waals surface area contributed by atoms with Crippen molar-refractivity contribution in [3.05, 3.63) is 22.8 Å². The summed E-state index contributed by atoms with van der Waals surface area (Å²) < 4.78 is 0. The van der Waals surface area contributed by atoms with Crippen molar-refractivity contribution in [2.75, 3.05) is 6.54 Å². The van der Waals surface area contributed by atoms with E-state index in [9.17, 15) is 0 Å². The predicted molar refractivity (Wildman–Crippen MR) is 75.3 cm³/mol. The first kappa shape index (κ1) is 11.8. The van der Waals surface area contributed by atoms with E-state index in [0.29, 0.717) is 5.92 Å². The molecule has 1 N–H and O–H groups in total. The average Bonchev–Trinajstić information content (AvgIpc) is 3.29. The molecule has 1 aromatic rings. The first-order valence-corrected chi connectivity index (χ1v) is 7.89. The van der Waals surface area contributed by atoms with Gasteiger partial charge in [-0.1, -0.05) is 0 Å². The summed E-state index contributed by atoms with van der Waals surface area (Å²) in [6, 6.07) is 0.830. The highest BCUT2D eigenvalue weighted by atomic mass is 15.0. The number of rotatable bonds is 4. The Morgan fingerprint density at radius 1 is 1.11 bits per heavy atom. The summed E-state index contributed by atoms with van der Waals surface area (Å²) in [6.07, 6.45) is 9.01. The first-order chi connectivity index (χ1) is 9.29. The fraction of sp³-hybridized carbons (Fsp3) is 0.750. The summed E-state index contributed by atoms with van der Waals surface area (Å²) in [5, 5.41) is 3.68. The average molecular weight is 257 g/mol. The van der Waals surface area contributed by atoms with Gasteiger partial charge in [-0.15, -0.1) is 0 Å². The summed E-state index contributed by atoms with van der Waals surface area (Å²) in [7, 11) is 0. The normalized spacial score (nSPS) is 26.3. The van der Waals surface area contributed by atoms with E-state index in [4.69, 9.17) is 9.97 Å². The van der Waals surface area contributed by atoms with E-state index in [1.54, 1.807) is 0 Å². The van der Waals surface area contributed by atoms with Crippen LogP contribution in [0.1, 0.15) is 60.8 Å². The van der Waals surface area contributed by atoms with Crippen molar-refractivity contribution in [1.82, 2.24) is 15.3 Å². The van der Waals surface area contributed by atoms with Gasteiger partial charge in [0.15, 0.2) is 0 Å². The molecule has 3 aliphatic carbocycles. The number of aryl methyl sites for hydroxylation is 2. The number of nitrogens with zero attached hydrogens (tertiary/aromatic N) is 2. The van der Waals surface area contributed by atoms with Crippen LogP contribution in [0.2, 0.25) is 0 Å². The van der Waals surface area contributed by atoms with Crippen LogP contribution >= 0.6 is 0 Å². The van der Waals surface area contributed by atoms with Crippen LogP contribution in [0.25, 0.3) is 0 Å². The highest BCUT2D eigenvalue weighted by molar-refractivity contribution is 5.29. The molecule has 102 valence electrons. The maximum Gasteiger partial charge on any atom is 0.131 e. The molecule has 1 heterocycles. The van der Waals surface area contributed by atoms with E-state index < -0.39 is 0 Å². The van der Waals surface area contributed by atoms with Crippen molar-refractivity contribution in [3.63, 3.8) is 0 Å². The van der Waals surface area contributed by atoms with Crippen molar-refractivity contribution >= 4 is 0 Å². The Balaban J connectivity index is 1.49. The molecule has 1 aromatic heterocycles. The SMILES string of the molecule is Cc1nc(C2CC2)nc2c1CC(CNC1CC1)CC2. The Hall–Kier alpha value is -0.960. The summed E-state index contributed by atoms with van der Waals surface area (Å²) in [5.41, 5.74) is 4.07. The van der Waals surface area contributed by atoms with Crippen LogP contribution in [0, 0.1) is 12.8 Å². The van der Waals surface area contributed by atoms with Gasteiger partial charge in [0.25, 0.3) is 0 Å². The molecule has 0 radical (unpaired) electrons. The second-order valence-corrected chi connectivity index (χ2v) is 6.66. The highest BCUT2D eigenvalue weighted by Gasteiger charge is 2.30. The minimum Gasteiger partial charge on any atom is -0.314 e. The van der Waals surface area contributed by atoms with Crippen LogP contribution in [0.4, 0.5) is 0 Å². The lowest BCUT2D eigenvalue weighted by molar-refractivity contribution is 0.416. The molecule has 2 fully saturated rings. The fourth-order valence-corrected chi connectivity index (χ4v) is 3.20. The Bertz CT molecular complexity index is 489. The molecular formula is C16H23N3. The molecule has 2 saturated carbocycles. The fourth-order valence-electron chi connectivity index (χ4n) is 3.20. The van der Waals surface area contributed by atoms with E-state index >= 15 is 0 Å². The summed E-state index contributed by atoms with van der Waals surface area (Å²) in [5.74, 6) is 2.60.